The number of para-hydroxylation sites is 1. The summed E-state index contributed by atoms with van der Waals surface area (Å²) in [5.74, 6) is 0.193. The van der Waals surface area contributed by atoms with Crippen LogP contribution in [0.1, 0.15) is 32.1 Å². The van der Waals surface area contributed by atoms with Gasteiger partial charge in [0, 0.05) is 16.8 Å². The predicted molar refractivity (Wildman–Crippen MR) is 128 cm³/mol. The molecule has 0 aliphatic rings. The largest absolute Gasteiger partial charge is 0.497 e. The molecule has 0 aliphatic heterocycles. The average Bonchev–Trinajstić information content (AvgIpc) is 3.13. The van der Waals surface area contributed by atoms with Crippen LogP contribution in [0.25, 0.3) is 5.69 Å². The van der Waals surface area contributed by atoms with E-state index in [4.69, 9.17) is 4.74 Å². The number of nitrogens with zero attached hydrogens (tertiary/aromatic N) is 2. The number of benzene rings is 3. The minimum absolute atomic E-state index is 0.241. The molecule has 166 valence electrons. The number of ether oxygens (including phenoxy) is 1. The zero-order chi connectivity index (χ0) is 23.4. The van der Waals surface area contributed by atoms with Crippen LogP contribution in [0.15, 0.2) is 78.9 Å². The van der Waals surface area contributed by atoms with Gasteiger partial charge in [0.25, 0.3) is 11.8 Å². The first-order chi connectivity index (χ1) is 16.0. The molecule has 1 heterocycles. The lowest BCUT2D eigenvalue weighted by atomic mass is 10.1. The van der Waals surface area contributed by atoms with E-state index in [0.29, 0.717) is 28.3 Å². The summed E-state index contributed by atoms with van der Waals surface area (Å²) >= 11 is 0. The quantitative estimate of drug-likeness (QED) is 0.442. The Hall–Kier alpha value is -4.39. The summed E-state index contributed by atoms with van der Waals surface area (Å²) in [6, 6.07) is 23.3. The Bertz CT molecular complexity index is 1280. The highest BCUT2D eigenvalue weighted by molar-refractivity contribution is 6.06. The number of rotatable bonds is 6. The lowest BCUT2D eigenvalue weighted by Gasteiger charge is -2.09. The SMILES string of the molecule is COc1ccc(C(=O)Nc2ccc(C(=O)Nc3c(C)nn(-c4ccccc4)c3C)cc2)cc1. The fraction of sp³-hybridized carbons (Fsp3) is 0.115. The summed E-state index contributed by atoms with van der Waals surface area (Å²) in [5.41, 5.74) is 4.76. The van der Waals surface area contributed by atoms with Gasteiger partial charge in [0.15, 0.2) is 0 Å². The van der Waals surface area contributed by atoms with Gasteiger partial charge in [0.2, 0.25) is 0 Å². The molecule has 7 heteroatoms. The van der Waals surface area contributed by atoms with Crippen LogP contribution in [-0.2, 0) is 0 Å². The van der Waals surface area contributed by atoms with Crippen LogP contribution in [0.3, 0.4) is 0 Å². The fourth-order valence-electron chi connectivity index (χ4n) is 3.48. The highest BCUT2D eigenvalue weighted by atomic mass is 16.5. The van der Waals surface area contributed by atoms with E-state index in [-0.39, 0.29) is 11.8 Å². The highest BCUT2D eigenvalue weighted by Crippen LogP contribution is 2.24. The molecule has 0 bridgehead atoms. The zero-order valence-corrected chi connectivity index (χ0v) is 18.6. The number of hydrogen-bond acceptors (Lipinski definition) is 4. The molecule has 4 aromatic rings. The van der Waals surface area contributed by atoms with Gasteiger partial charge in [0.1, 0.15) is 5.75 Å². The van der Waals surface area contributed by atoms with Crippen LogP contribution in [0.5, 0.6) is 5.75 Å². The van der Waals surface area contributed by atoms with Crippen molar-refractivity contribution in [1.29, 1.82) is 0 Å². The molecule has 0 saturated heterocycles. The van der Waals surface area contributed by atoms with E-state index in [1.54, 1.807) is 55.6 Å². The first-order valence-electron chi connectivity index (χ1n) is 10.4. The second-order valence-electron chi connectivity index (χ2n) is 7.51. The maximum Gasteiger partial charge on any atom is 0.255 e. The van der Waals surface area contributed by atoms with Crippen molar-refractivity contribution >= 4 is 23.2 Å². The number of amides is 2. The minimum atomic E-state index is -0.248. The number of aryl methyl sites for hydroxylation is 1. The zero-order valence-electron chi connectivity index (χ0n) is 18.6. The Kier molecular flexibility index (Phi) is 6.22. The molecule has 33 heavy (non-hydrogen) atoms. The van der Waals surface area contributed by atoms with Crippen molar-refractivity contribution in [1.82, 2.24) is 9.78 Å². The lowest BCUT2D eigenvalue weighted by Crippen LogP contribution is -2.14. The third kappa shape index (κ3) is 4.77. The van der Waals surface area contributed by atoms with Crippen LogP contribution in [0.2, 0.25) is 0 Å². The molecule has 0 unspecified atom stereocenters. The molecule has 2 N–H and O–H groups in total. The van der Waals surface area contributed by atoms with Gasteiger partial charge in [-0.3, -0.25) is 9.59 Å². The summed E-state index contributed by atoms with van der Waals surface area (Å²) in [7, 11) is 1.57. The van der Waals surface area contributed by atoms with E-state index in [1.165, 1.54) is 0 Å². The van der Waals surface area contributed by atoms with Crippen LogP contribution in [-0.4, -0.2) is 28.7 Å². The molecule has 0 radical (unpaired) electrons. The number of carbonyl (C=O) groups is 2. The van der Waals surface area contributed by atoms with Crippen molar-refractivity contribution in [3.63, 3.8) is 0 Å². The smallest absolute Gasteiger partial charge is 0.255 e. The number of carbonyl (C=O) groups excluding carboxylic acids is 2. The molecular formula is C26H24N4O3. The Labute approximate surface area is 192 Å². The minimum Gasteiger partial charge on any atom is -0.497 e. The van der Waals surface area contributed by atoms with Gasteiger partial charge in [-0.25, -0.2) is 4.68 Å². The van der Waals surface area contributed by atoms with Crippen LogP contribution >= 0.6 is 0 Å². The van der Waals surface area contributed by atoms with E-state index in [2.05, 4.69) is 15.7 Å². The second kappa shape index (κ2) is 9.40. The first-order valence-corrected chi connectivity index (χ1v) is 10.4. The summed E-state index contributed by atoms with van der Waals surface area (Å²) in [5, 5.41) is 10.3. The van der Waals surface area contributed by atoms with Crippen molar-refractivity contribution in [2.75, 3.05) is 17.7 Å². The Balaban J connectivity index is 1.44. The summed E-state index contributed by atoms with van der Waals surface area (Å²) in [4.78, 5) is 25.3. The summed E-state index contributed by atoms with van der Waals surface area (Å²) in [6.07, 6.45) is 0. The van der Waals surface area contributed by atoms with E-state index in [9.17, 15) is 9.59 Å². The van der Waals surface area contributed by atoms with Crippen molar-refractivity contribution in [3.05, 3.63) is 101 Å². The molecule has 0 fully saturated rings. The number of aromatic nitrogens is 2. The molecule has 4 rings (SSSR count). The normalized spacial score (nSPS) is 10.5. The molecule has 0 saturated carbocycles. The number of methoxy groups -OCH3 is 1. The van der Waals surface area contributed by atoms with Crippen LogP contribution in [0.4, 0.5) is 11.4 Å². The van der Waals surface area contributed by atoms with Crippen molar-refractivity contribution in [2.24, 2.45) is 0 Å². The topological polar surface area (TPSA) is 85.2 Å². The Morgan fingerprint density at radius 2 is 1.36 bits per heavy atom. The third-order valence-corrected chi connectivity index (χ3v) is 5.29. The molecular weight excluding hydrogens is 416 g/mol. The lowest BCUT2D eigenvalue weighted by molar-refractivity contribution is 0.102. The van der Waals surface area contributed by atoms with Gasteiger partial charge in [-0.1, -0.05) is 18.2 Å². The molecule has 3 aromatic carbocycles. The van der Waals surface area contributed by atoms with Crippen molar-refractivity contribution in [3.8, 4) is 11.4 Å². The molecule has 0 spiro atoms. The standard InChI is InChI=1S/C26H24N4O3/c1-17-24(18(2)30(29-17)22-7-5-4-6-8-22)28-26(32)19-9-13-21(14-10-19)27-25(31)20-11-15-23(33-3)16-12-20/h4-16H,1-3H3,(H,27,31)(H,28,32). The van der Waals surface area contributed by atoms with Crippen LogP contribution < -0.4 is 15.4 Å². The van der Waals surface area contributed by atoms with Crippen molar-refractivity contribution in [2.45, 2.75) is 13.8 Å². The van der Waals surface area contributed by atoms with Crippen molar-refractivity contribution < 1.29 is 14.3 Å². The molecule has 7 nitrogen and oxygen atoms in total. The molecule has 0 atom stereocenters. The molecule has 0 aliphatic carbocycles. The summed E-state index contributed by atoms with van der Waals surface area (Å²) in [6.45, 7) is 3.78. The van der Waals surface area contributed by atoms with Gasteiger partial charge in [-0.15, -0.1) is 0 Å². The van der Waals surface area contributed by atoms with E-state index in [0.717, 1.165) is 17.1 Å². The average molecular weight is 441 g/mol. The highest BCUT2D eigenvalue weighted by Gasteiger charge is 2.16. The number of anilines is 2. The predicted octanol–water partition coefficient (Wildman–Crippen LogP) is 5.00. The Morgan fingerprint density at radius 3 is 1.97 bits per heavy atom. The monoisotopic (exact) mass is 440 g/mol. The van der Waals surface area contributed by atoms with E-state index < -0.39 is 0 Å². The second-order valence-corrected chi connectivity index (χ2v) is 7.51. The van der Waals surface area contributed by atoms with Gasteiger partial charge < -0.3 is 15.4 Å². The van der Waals surface area contributed by atoms with Gasteiger partial charge >= 0.3 is 0 Å². The Morgan fingerprint density at radius 1 is 0.788 bits per heavy atom. The number of nitrogens with one attached hydrogen (secondary N) is 2. The number of hydrogen-bond donors (Lipinski definition) is 2. The van der Waals surface area contributed by atoms with E-state index >= 15 is 0 Å². The molecule has 2 amide bonds. The maximum absolute atomic E-state index is 12.8. The third-order valence-electron chi connectivity index (χ3n) is 5.29. The summed E-state index contributed by atoms with van der Waals surface area (Å²) < 4.78 is 6.92. The van der Waals surface area contributed by atoms with Gasteiger partial charge in [-0.2, -0.15) is 5.10 Å². The molecule has 1 aromatic heterocycles. The van der Waals surface area contributed by atoms with Gasteiger partial charge in [-0.05, 0) is 74.5 Å². The van der Waals surface area contributed by atoms with E-state index in [1.807, 2.05) is 48.9 Å². The first kappa shape index (κ1) is 21.8. The van der Waals surface area contributed by atoms with Gasteiger partial charge in [0.05, 0.1) is 29.9 Å². The van der Waals surface area contributed by atoms with Crippen LogP contribution in [0, 0.1) is 13.8 Å². The maximum atomic E-state index is 12.8. The fourth-order valence-corrected chi connectivity index (χ4v) is 3.48.